The van der Waals surface area contributed by atoms with E-state index in [1.54, 1.807) is 44.2 Å². The lowest BCUT2D eigenvalue weighted by molar-refractivity contribution is -0.116. The minimum absolute atomic E-state index is 0.0272. The third-order valence-electron chi connectivity index (χ3n) is 4.38. The Hall–Kier alpha value is -2.39. The zero-order chi connectivity index (χ0) is 19.8. The lowest BCUT2D eigenvalue weighted by atomic mass is 10.2. The predicted octanol–water partition coefficient (Wildman–Crippen LogP) is 2.28. The average Bonchev–Trinajstić information content (AvgIpc) is 2.90. The van der Waals surface area contributed by atoms with E-state index < -0.39 is 26.0 Å². The van der Waals surface area contributed by atoms with Gasteiger partial charge in [0.05, 0.1) is 22.0 Å². The molecule has 0 bridgehead atoms. The van der Waals surface area contributed by atoms with Crippen LogP contribution in [0.3, 0.4) is 0 Å². The lowest BCUT2D eigenvalue weighted by Crippen LogP contribution is -2.32. The van der Waals surface area contributed by atoms with Crippen molar-refractivity contribution in [2.75, 3.05) is 20.9 Å². The van der Waals surface area contributed by atoms with Crippen LogP contribution >= 0.6 is 0 Å². The third kappa shape index (κ3) is 3.44. The van der Waals surface area contributed by atoms with Crippen molar-refractivity contribution in [2.24, 2.45) is 0 Å². The van der Waals surface area contributed by atoms with E-state index in [1.807, 2.05) is 0 Å². The number of nitrogens with zero attached hydrogens (tertiary/aromatic N) is 2. The molecule has 0 radical (unpaired) electrons. The van der Waals surface area contributed by atoms with Crippen molar-refractivity contribution < 1.29 is 21.6 Å². The van der Waals surface area contributed by atoms with Crippen molar-refractivity contribution >= 4 is 37.3 Å². The summed E-state index contributed by atoms with van der Waals surface area (Å²) in [5.41, 5.74) is 1.03. The van der Waals surface area contributed by atoms with Crippen LogP contribution in [0.2, 0.25) is 0 Å². The highest BCUT2D eigenvalue weighted by Gasteiger charge is 2.37. The Bertz CT molecular complexity index is 1080. The molecule has 1 amide bonds. The maximum absolute atomic E-state index is 13.3. The number of para-hydroxylation sites is 1. The molecule has 1 fully saturated rings. The summed E-state index contributed by atoms with van der Waals surface area (Å²) in [5, 5.41) is 0. The second kappa shape index (κ2) is 6.97. The summed E-state index contributed by atoms with van der Waals surface area (Å²) in [6.45, 7) is 3.56. The molecule has 0 atom stereocenters. The Morgan fingerprint density at radius 3 is 2.33 bits per heavy atom. The second-order valence-electron chi connectivity index (χ2n) is 6.18. The van der Waals surface area contributed by atoms with Crippen LogP contribution in [0, 0.1) is 6.92 Å². The van der Waals surface area contributed by atoms with E-state index in [0.29, 0.717) is 15.6 Å². The van der Waals surface area contributed by atoms with Gasteiger partial charge in [0, 0.05) is 13.0 Å². The molecule has 0 aliphatic carbocycles. The monoisotopic (exact) mass is 408 g/mol. The molecule has 2 aromatic rings. The second-order valence-corrected chi connectivity index (χ2v) is 9.95. The van der Waals surface area contributed by atoms with E-state index >= 15 is 0 Å². The smallest absolute Gasteiger partial charge is 0.264 e. The molecule has 0 unspecified atom stereocenters. The Labute approximate surface area is 159 Å². The topological polar surface area (TPSA) is 91.8 Å². The summed E-state index contributed by atoms with van der Waals surface area (Å²) >= 11 is 0. The molecule has 0 aromatic heterocycles. The number of rotatable bonds is 5. The Morgan fingerprint density at radius 1 is 1.11 bits per heavy atom. The Morgan fingerprint density at radius 2 is 1.78 bits per heavy atom. The Kier molecular flexibility index (Phi) is 5.00. The minimum atomic E-state index is -3.94. The van der Waals surface area contributed by atoms with Gasteiger partial charge in [-0.25, -0.2) is 21.1 Å². The summed E-state index contributed by atoms with van der Waals surface area (Å²) in [4.78, 5) is 12.0. The molecule has 1 saturated heterocycles. The van der Waals surface area contributed by atoms with Crippen molar-refractivity contribution in [3.05, 3.63) is 54.1 Å². The van der Waals surface area contributed by atoms with Crippen molar-refractivity contribution in [3.63, 3.8) is 0 Å². The number of amides is 1. The molecule has 3 rings (SSSR count). The van der Waals surface area contributed by atoms with Gasteiger partial charge < -0.3 is 0 Å². The summed E-state index contributed by atoms with van der Waals surface area (Å²) in [6.07, 6.45) is -0.108. The SMILES string of the molecule is CCN(c1ccccc1)S(=O)(=O)c1cc(N2C(=O)CCS2(=O)=O)ccc1C. The van der Waals surface area contributed by atoms with E-state index in [0.717, 1.165) is 0 Å². The highest BCUT2D eigenvalue weighted by Crippen LogP contribution is 2.31. The maximum Gasteiger partial charge on any atom is 0.264 e. The number of carbonyl (C=O) groups excluding carboxylic acids is 1. The number of hydrogen-bond acceptors (Lipinski definition) is 5. The minimum Gasteiger partial charge on any atom is -0.273 e. The fraction of sp³-hybridized carbons (Fsp3) is 0.278. The quantitative estimate of drug-likeness (QED) is 0.757. The number of anilines is 2. The van der Waals surface area contributed by atoms with Gasteiger partial charge in [0.15, 0.2) is 0 Å². The first-order valence-electron chi connectivity index (χ1n) is 8.43. The van der Waals surface area contributed by atoms with E-state index in [-0.39, 0.29) is 29.3 Å². The molecule has 1 heterocycles. The van der Waals surface area contributed by atoms with Gasteiger partial charge in [-0.15, -0.1) is 0 Å². The normalized spacial score (nSPS) is 16.5. The first kappa shape index (κ1) is 19.4. The van der Waals surface area contributed by atoms with Crippen LogP contribution in [0.25, 0.3) is 0 Å². The molecule has 1 aliphatic rings. The molecule has 9 heteroatoms. The molecular weight excluding hydrogens is 388 g/mol. The largest absolute Gasteiger partial charge is 0.273 e. The van der Waals surface area contributed by atoms with Gasteiger partial charge in [-0.1, -0.05) is 24.3 Å². The van der Waals surface area contributed by atoms with Gasteiger partial charge in [0.25, 0.3) is 10.0 Å². The van der Waals surface area contributed by atoms with Gasteiger partial charge in [0.2, 0.25) is 15.9 Å². The third-order valence-corrected chi connectivity index (χ3v) is 8.12. The highest BCUT2D eigenvalue weighted by atomic mass is 32.2. The molecule has 0 saturated carbocycles. The molecule has 0 spiro atoms. The van der Waals surface area contributed by atoms with E-state index in [1.165, 1.54) is 22.5 Å². The predicted molar refractivity (Wildman–Crippen MR) is 104 cm³/mol. The summed E-state index contributed by atoms with van der Waals surface area (Å²) < 4.78 is 52.8. The van der Waals surface area contributed by atoms with Crippen LogP contribution in [0.4, 0.5) is 11.4 Å². The van der Waals surface area contributed by atoms with Gasteiger partial charge >= 0.3 is 0 Å². The van der Waals surface area contributed by atoms with Crippen molar-refractivity contribution in [1.82, 2.24) is 0 Å². The summed E-state index contributed by atoms with van der Waals surface area (Å²) in [5.74, 6) is -0.829. The lowest BCUT2D eigenvalue weighted by Gasteiger charge is -2.25. The first-order chi connectivity index (χ1) is 12.7. The molecule has 1 aliphatic heterocycles. The average molecular weight is 409 g/mol. The summed E-state index contributed by atoms with van der Waals surface area (Å²) in [7, 11) is -7.71. The van der Waals surface area contributed by atoms with Crippen molar-refractivity contribution in [1.29, 1.82) is 0 Å². The molecule has 27 heavy (non-hydrogen) atoms. The molecule has 0 N–H and O–H groups in total. The number of hydrogen-bond donors (Lipinski definition) is 0. The zero-order valence-corrected chi connectivity index (χ0v) is 16.6. The van der Waals surface area contributed by atoms with Crippen LogP contribution in [0.1, 0.15) is 18.9 Å². The van der Waals surface area contributed by atoms with E-state index in [9.17, 15) is 21.6 Å². The highest BCUT2D eigenvalue weighted by molar-refractivity contribution is 7.94. The fourth-order valence-corrected chi connectivity index (χ4v) is 6.24. The maximum atomic E-state index is 13.3. The number of benzene rings is 2. The molecule has 7 nitrogen and oxygen atoms in total. The van der Waals surface area contributed by atoms with E-state index in [4.69, 9.17) is 0 Å². The van der Waals surface area contributed by atoms with Gasteiger partial charge in [0.1, 0.15) is 0 Å². The summed E-state index contributed by atoms with van der Waals surface area (Å²) in [6, 6.07) is 12.9. The van der Waals surface area contributed by atoms with Crippen LogP contribution in [-0.2, 0) is 24.8 Å². The standard InChI is InChI=1S/C18H20N2O5S2/c1-3-19(15-7-5-4-6-8-15)27(24,25)17-13-16(10-9-14(17)2)20-18(21)11-12-26(20,22)23/h4-10,13H,3,11-12H2,1-2H3. The Balaban J connectivity index is 2.12. The zero-order valence-electron chi connectivity index (χ0n) is 15.0. The van der Waals surface area contributed by atoms with Crippen LogP contribution in [0.15, 0.2) is 53.4 Å². The number of aryl methyl sites for hydroxylation is 1. The fourth-order valence-electron chi connectivity index (χ4n) is 3.07. The van der Waals surface area contributed by atoms with Gasteiger partial charge in [-0.05, 0) is 43.7 Å². The van der Waals surface area contributed by atoms with E-state index in [2.05, 4.69) is 0 Å². The van der Waals surface area contributed by atoms with Crippen LogP contribution < -0.4 is 8.61 Å². The van der Waals surface area contributed by atoms with Crippen LogP contribution in [0.5, 0.6) is 0 Å². The number of carbonyl (C=O) groups is 1. The van der Waals surface area contributed by atoms with Crippen LogP contribution in [-0.4, -0.2) is 35.0 Å². The molecule has 144 valence electrons. The first-order valence-corrected chi connectivity index (χ1v) is 11.5. The van der Waals surface area contributed by atoms with Gasteiger partial charge in [-0.3, -0.25) is 9.10 Å². The van der Waals surface area contributed by atoms with Crippen molar-refractivity contribution in [2.45, 2.75) is 25.2 Å². The van der Waals surface area contributed by atoms with Gasteiger partial charge in [-0.2, -0.15) is 0 Å². The van der Waals surface area contributed by atoms with Crippen molar-refractivity contribution in [3.8, 4) is 0 Å². The number of sulfonamides is 2. The molecular formula is C18H20N2O5S2. The molecule has 2 aromatic carbocycles.